The molecule has 0 aliphatic carbocycles. The van der Waals surface area contributed by atoms with Crippen LogP contribution in [0.1, 0.15) is 0 Å². The smallest absolute Gasteiger partial charge is 0.304 e. The molecule has 0 radical (unpaired) electrons. The molecule has 11 heteroatoms. The molecule has 9 nitrogen and oxygen atoms in total. The number of rotatable bonds is 6. The number of hydrogen-bond donors (Lipinski definition) is 0. The second-order valence-electron chi connectivity index (χ2n) is 6.17. The molecular formula is C18H12BrN5O4S. The summed E-state index contributed by atoms with van der Waals surface area (Å²) in [6, 6.07) is 13.8. The molecule has 0 amide bonds. The van der Waals surface area contributed by atoms with Crippen molar-refractivity contribution in [2.45, 2.75) is 0 Å². The first kappa shape index (κ1) is 19.2. The summed E-state index contributed by atoms with van der Waals surface area (Å²) < 4.78 is 0.131. The van der Waals surface area contributed by atoms with Crippen LogP contribution in [0.5, 0.6) is 0 Å². The van der Waals surface area contributed by atoms with E-state index in [1.54, 1.807) is 0 Å². The zero-order valence-corrected chi connectivity index (χ0v) is 17.1. The quantitative estimate of drug-likeness (QED) is 0.182. The molecule has 0 bridgehead atoms. The molecule has 2 heterocycles. The molecular weight excluding hydrogens is 462 g/mol. The highest BCUT2D eigenvalue weighted by atomic mass is 79.9. The van der Waals surface area contributed by atoms with Crippen LogP contribution >= 0.6 is 27.3 Å². The largest absolute Gasteiger partial charge is 0.360 e. The van der Waals surface area contributed by atoms with Crippen LogP contribution < -0.4 is 4.90 Å². The van der Waals surface area contributed by atoms with E-state index in [1.807, 2.05) is 36.4 Å². The Hall–Kier alpha value is -3.18. The van der Waals surface area contributed by atoms with E-state index >= 15 is 0 Å². The lowest BCUT2D eigenvalue weighted by Gasteiger charge is -2.01. The Kier molecular flexibility index (Phi) is 5.07. The molecule has 1 aliphatic rings. The summed E-state index contributed by atoms with van der Waals surface area (Å²) in [7, 11) is 0. The lowest BCUT2D eigenvalue weighted by Crippen LogP contribution is -1.93. The maximum absolute atomic E-state index is 11.4. The molecule has 3 aromatic rings. The Morgan fingerprint density at radius 1 is 1.00 bits per heavy atom. The molecule has 1 fully saturated rings. The maximum atomic E-state index is 11.4. The SMILES string of the molecule is O=[N+]([O-])c1cc(Br)c(N=Nc2sc(N3CC3)cc2-c2ccccc2)c([N+](=O)[O-])c1. The van der Waals surface area contributed by atoms with Crippen molar-refractivity contribution >= 4 is 54.3 Å². The predicted molar refractivity (Wildman–Crippen MR) is 114 cm³/mol. The van der Waals surface area contributed by atoms with Gasteiger partial charge in [0.2, 0.25) is 0 Å². The number of nitro benzene ring substituents is 2. The van der Waals surface area contributed by atoms with E-state index in [-0.39, 0.29) is 10.2 Å². The first-order valence-corrected chi connectivity index (χ1v) is 10.0. The van der Waals surface area contributed by atoms with E-state index in [0.29, 0.717) is 5.00 Å². The third kappa shape index (κ3) is 4.00. The lowest BCUT2D eigenvalue weighted by molar-refractivity contribution is -0.393. The zero-order chi connectivity index (χ0) is 20.5. The lowest BCUT2D eigenvalue weighted by atomic mass is 10.1. The number of anilines is 1. The van der Waals surface area contributed by atoms with Crippen molar-refractivity contribution in [3.8, 4) is 11.1 Å². The van der Waals surface area contributed by atoms with Crippen molar-refractivity contribution in [3.05, 3.63) is 73.2 Å². The molecule has 1 saturated heterocycles. The third-order valence-corrected chi connectivity index (χ3v) is 5.90. The molecule has 146 valence electrons. The van der Waals surface area contributed by atoms with Crippen LogP contribution in [-0.2, 0) is 0 Å². The minimum absolute atomic E-state index is 0.0683. The third-order valence-electron chi connectivity index (χ3n) is 4.22. The number of non-ortho nitro benzene ring substituents is 1. The van der Waals surface area contributed by atoms with Gasteiger partial charge in [-0.1, -0.05) is 41.7 Å². The summed E-state index contributed by atoms with van der Waals surface area (Å²) in [4.78, 5) is 23.2. The van der Waals surface area contributed by atoms with Gasteiger partial charge in [0.25, 0.3) is 5.69 Å². The van der Waals surface area contributed by atoms with Gasteiger partial charge in [0.1, 0.15) is 5.00 Å². The second-order valence-corrected chi connectivity index (χ2v) is 8.03. The summed E-state index contributed by atoms with van der Waals surface area (Å²) >= 11 is 4.59. The highest BCUT2D eigenvalue weighted by Crippen LogP contribution is 2.46. The molecule has 1 aliphatic heterocycles. The molecule has 29 heavy (non-hydrogen) atoms. The average Bonchev–Trinajstić information content (AvgIpc) is 3.47. The van der Waals surface area contributed by atoms with E-state index < -0.39 is 21.2 Å². The number of nitrogens with zero attached hydrogens (tertiary/aromatic N) is 5. The molecule has 0 saturated carbocycles. The topological polar surface area (TPSA) is 114 Å². The van der Waals surface area contributed by atoms with Crippen LogP contribution in [0.3, 0.4) is 0 Å². The summed E-state index contributed by atoms with van der Waals surface area (Å²) in [5.41, 5.74) is 0.887. The molecule has 4 rings (SSSR count). The van der Waals surface area contributed by atoms with Gasteiger partial charge in [-0.2, -0.15) is 0 Å². The molecule has 0 atom stereocenters. The number of nitro groups is 2. The van der Waals surface area contributed by atoms with Crippen LogP contribution in [0.4, 0.5) is 27.1 Å². The summed E-state index contributed by atoms with van der Waals surface area (Å²) in [5, 5.41) is 32.4. The van der Waals surface area contributed by atoms with Gasteiger partial charge < -0.3 is 4.90 Å². The second kappa shape index (κ2) is 7.68. The standard InChI is InChI=1S/C18H12BrN5O4S/c19-14-8-12(23(25)26)9-15(24(27)28)17(14)20-21-18-13(11-4-2-1-3-5-11)10-16(29-18)22-6-7-22/h1-5,8-10H,6-7H2. The van der Waals surface area contributed by atoms with Crippen molar-refractivity contribution in [2.75, 3.05) is 18.0 Å². The Morgan fingerprint density at radius 3 is 2.34 bits per heavy atom. The fourth-order valence-corrected chi connectivity index (χ4v) is 4.28. The van der Waals surface area contributed by atoms with Gasteiger partial charge in [-0.05, 0) is 27.6 Å². The van der Waals surface area contributed by atoms with Gasteiger partial charge in [-0.15, -0.1) is 10.2 Å². The van der Waals surface area contributed by atoms with Crippen LogP contribution in [0, 0.1) is 20.2 Å². The highest BCUT2D eigenvalue weighted by molar-refractivity contribution is 9.10. The number of thiophene rings is 1. The fourth-order valence-electron chi connectivity index (χ4n) is 2.70. The normalized spacial score (nSPS) is 13.1. The summed E-state index contributed by atoms with van der Waals surface area (Å²) in [6.45, 7) is 1.95. The Labute approximate surface area is 176 Å². The van der Waals surface area contributed by atoms with E-state index in [0.717, 1.165) is 35.3 Å². The van der Waals surface area contributed by atoms with E-state index in [9.17, 15) is 20.2 Å². The predicted octanol–water partition coefficient (Wildman–Crippen LogP) is 6.23. The van der Waals surface area contributed by atoms with Gasteiger partial charge >= 0.3 is 5.69 Å². The monoisotopic (exact) mass is 473 g/mol. The Morgan fingerprint density at radius 2 is 1.72 bits per heavy atom. The van der Waals surface area contributed by atoms with Gasteiger partial charge in [-0.3, -0.25) is 20.2 Å². The first-order valence-electron chi connectivity index (χ1n) is 8.42. The van der Waals surface area contributed by atoms with Crippen LogP contribution in [0.2, 0.25) is 0 Å². The van der Waals surface area contributed by atoms with Crippen LogP contribution in [0.25, 0.3) is 11.1 Å². The van der Waals surface area contributed by atoms with Crippen molar-refractivity contribution in [1.29, 1.82) is 0 Å². The van der Waals surface area contributed by atoms with Crippen LogP contribution in [-0.4, -0.2) is 22.9 Å². The number of halogens is 1. The minimum Gasteiger partial charge on any atom is -0.360 e. The molecule has 2 aromatic carbocycles. The van der Waals surface area contributed by atoms with Gasteiger partial charge in [0.05, 0.1) is 25.4 Å². The maximum Gasteiger partial charge on any atom is 0.304 e. The van der Waals surface area contributed by atoms with Crippen molar-refractivity contribution in [2.24, 2.45) is 10.2 Å². The summed E-state index contributed by atoms with van der Waals surface area (Å²) in [5.74, 6) is 0. The fraction of sp³-hybridized carbons (Fsp3) is 0.111. The van der Waals surface area contributed by atoms with Gasteiger partial charge in [0.15, 0.2) is 5.69 Å². The van der Waals surface area contributed by atoms with E-state index in [2.05, 4.69) is 31.1 Å². The van der Waals surface area contributed by atoms with Gasteiger partial charge in [0, 0.05) is 24.7 Å². The average molecular weight is 474 g/mol. The zero-order valence-electron chi connectivity index (χ0n) is 14.7. The molecule has 0 unspecified atom stereocenters. The first-order chi connectivity index (χ1) is 13.9. The number of hydrogen-bond acceptors (Lipinski definition) is 8. The number of benzene rings is 2. The summed E-state index contributed by atoms with van der Waals surface area (Å²) in [6.07, 6.45) is 0. The van der Waals surface area contributed by atoms with E-state index in [4.69, 9.17) is 0 Å². The highest BCUT2D eigenvalue weighted by Gasteiger charge is 2.25. The molecule has 0 N–H and O–H groups in total. The van der Waals surface area contributed by atoms with E-state index in [1.165, 1.54) is 17.4 Å². The minimum atomic E-state index is -0.708. The van der Waals surface area contributed by atoms with Crippen molar-refractivity contribution < 1.29 is 9.85 Å². The Bertz CT molecular complexity index is 1140. The van der Waals surface area contributed by atoms with Crippen molar-refractivity contribution in [1.82, 2.24) is 0 Å². The molecule has 1 aromatic heterocycles. The number of azo groups is 1. The van der Waals surface area contributed by atoms with Gasteiger partial charge in [-0.25, -0.2) is 0 Å². The molecule has 0 spiro atoms. The Balaban J connectivity index is 1.78. The van der Waals surface area contributed by atoms with Crippen LogP contribution in [0.15, 0.2) is 63.2 Å². The van der Waals surface area contributed by atoms with Crippen molar-refractivity contribution in [3.63, 3.8) is 0 Å².